The first-order chi connectivity index (χ1) is 8.24. The molecule has 4 heteroatoms. The van der Waals surface area contributed by atoms with Crippen LogP contribution in [-0.2, 0) is 4.79 Å². The van der Waals surface area contributed by atoms with Crippen molar-refractivity contribution >= 4 is 5.97 Å². The number of para-hydroxylation sites is 1. The minimum atomic E-state index is -0.995. The van der Waals surface area contributed by atoms with Crippen molar-refractivity contribution in [3.8, 4) is 5.75 Å². The predicted molar refractivity (Wildman–Crippen MR) is 66.0 cm³/mol. The smallest absolute Gasteiger partial charge is 0.360 e. The largest absolute Gasteiger partial charge is 0.477 e. The SMILES string of the molecule is CCCCCNC(Oc1ccccc1)C(=O)O. The quantitative estimate of drug-likeness (QED) is 0.538. The van der Waals surface area contributed by atoms with Crippen LogP contribution in [0.3, 0.4) is 0 Å². The highest BCUT2D eigenvalue weighted by atomic mass is 16.5. The van der Waals surface area contributed by atoms with E-state index in [1.54, 1.807) is 12.1 Å². The van der Waals surface area contributed by atoms with E-state index < -0.39 is 12.2 Å². The Labute approximate surface area is 102 Å². The molecule has 1 aromatic rings. The fourth-order valence-corrected chi connectivity index (χ4v) is 1.42. The first-order valence-electron chi connectivity index (χ1n) is 5.92. The molecular formula is C13H19NO3. The number of carbonyl (C=O) groups is 1. The zero-order valence-corrected chi connectivity index (χ0v) is 10.1. The molecule has 0 spiro atoms. The van der Waals surface area contributed by atoms with Crippen LogP contribution in [0.4, 0.5) is 0 Å². The second-order valence-corrected chi connectivity index (χ2v) is 3.81. The number of nitrogens with one attached hydrogen (secondary N) is 1. The molecule has 1 atom stereocenters. The van der Waals surface area contributed by atoms with Gasteiger partial charge in [-0.15, -0.1) is 0 Å². The summed E-state index contributed by atoms with van der Waals surface area (Å²) in [5, 5.41) is 11.9. The van der Waals surface area contributed by atoms with Crippen molar-refractivity contribution < 1.29 is 14.6 Å². The summed E-state index contributed by atoms with van der Waals surface area (Å²) in [6.07, 6.45) is 2.18. The molecule has 1 rings (SSSR count). The van der Waals surface area contributed by atoms with Crippen LogP contribution in [0.25, 0.3) is 0 Å². The van der Waals surface area contributed by atoms with Gasteiger partial charge >= 0.3 is 5.97 Å². The van der Waals surface area contributed by atoms with Gasteiger partial charge in [-0.1, -0.05) is 38.0 Å². The van der Waals surface area contributed by atoms with Crippen molar-refractivity contribution in [2.75, 3.05) is 6.54 Å². The molecule has 1 aromatic carbocycles. The van der Waals surface area contributed by atoms with Gasteiger partial charge in [0, 0.05) is 0 Å². The maximum Gasteiger partial charge on any atom is 0.360 e. The topological polar surface area (TPSA) is 58.6 Å². The van der Waals surface area contributed by atoms with Gasteiger partial charge < -0.3 is 9.84 Å². The Bertz CT molecular complexity index is 327. The lowest BCUT2D eigenvalue weighted by molar-refractivity contribution is -0.146. The number of hydrogen-bond acceptors (Lipinski definition) is 3. The number of benzene rings is 1. The molecule has 2 N–H and O–H groups in total. The molecule has 0 heterocycles. The summed E-state index contributed by atoms with van der Waals surface area (Å²) in [4.78, 5) is 11.0. The molecule has 94 valence electrons. The Morgan fingerprint density at radius 3 is 2.65 bits per heavy atom. The van der Waals surface area contributed by atoms with Gasteiger partial charge in [0.25, 0.3) is 0 Å². The van der Waals surface area contributed by atoms with Crippen molar-refractivity contribution in [2.24, 2.45) is 0 Å². The first kappa shape index (κ1) is 13.5. The van der Waals surface area contributed by atoms with Crippen LogP contribution in [0.2, 0.25) is 0 Å². The molecule has 0 bridgehead atoms. The van der Waals surface area contributed by atoms with Crippen LogP contribution in [0, 0.1) is 0 Å². The van der Waals surface area contributed by atoms with E-state index in [2.05, 4.69) is 12.2 Å². The molecule has 17 heavy (non-hydrogen) atoms. The molecule has 0 saturated carbocycles. The van der Waals surface area contributed by atoms with Crippen LogP contribution in [-0.4, -0.2) is 23.8 Å². The van der Waals surface area contributed by atoms with E-state index in [1.807, 2.05) is 18.2 Å². The van der Waals surface area contributed by atoms with Gasteiger partial charge in [-0.05, 0) is 25.1 Å². The molecular weight excluding hydrogens is 218 g/mol. The fourth-order valence-electron chi connectivity index (χ4n) is 1.42. The zero-order chi connectivity index (χ0) is 12.5. The summed E-state index contributed by atoms with van der Waals surface area (Å²) in [6.45, 7) is 2.76. The van der Waals surface area contributed by atoms with Crippen LogP contribution in [0.5, 0.6) is 5.75 Å². The Kier molecular flexibility index (Phi) is 6.10. The van der Waals surface area contributed by atoms with Gasteiger partial charge in [-0.2, -0.15) is 0 Å². The van der Waals surface area contributed by atoms with Gasteiger partial charge in [0.1, 0.15) is 5.75 Å². The highest BCUT2D eigenvalue weighted by Gasteiger charge is 2.17. The van der Waals surface area contributed by atoms with E-state index in [0.29, 0.717) is 12.3 Å². The van der Waals surface area contributed by atoms with Gasteiger partial charge in [-0.3, -0.25) is 5.32 Å². The Balaban J connectivity index is 2.41. The average molecular weight is 237 g/mol. The minimum absolute atomic E-state index is 0.558. The van der Waals surface area contributed by atoms with Gasteiger partial charge in [0.15, 0.2) is 0 Å². The molecule has 0 aliphatic carbocycles. The Morgan fingerprint density at radius 1 is 1.35 bits per heavy atom. The maximum absolute atomic E-state index is 11.0. The van der Waals surface area contributed by atoms with Crippen molar-refractivity contribution in [1.82, 2.24) is 5.32 Å². The van der Waals surface area contributed by atoms with E-state index >= 15 is 0 Å². The normalized spacial score (nSPS) is 12.1. The summed E-state index contributed by atoms with van der Waals surface area (Å²) in [6, 6.07) is 8.96. The van der Waals surface area contributed by atoms with E-state index in [1.165, 1.54) is 0 Å². The summed E-state index contributed by atoms with van der Waals surface area (Å²) < 4.78 is 5.35. The number of hydrogen-bond donors (Lipinski definition) is 2. The second-order valence-electron chi connectivity index (χ2n) is 3.81. The highest BCUT2D eigenvalue weighted by Crippen LogP contribution is 2.10. The molecule has 0 aliphatic rings. The monoisotopic (exact) mass is 237 g/mol. The van der Waals surface area contributed by atoms with E-state index in [-0.39, 0.29) is 0 Å². The van der Waals surface area contributed by atoms with Crippen molar-refractivity contribution in [2.45, 2.75) is 32.4 Å². The molecule has 0 aromatic heterocycles. The van der Waals surface area contributed by atoms with E-state index in [9.17, 15) is 4.79 Å². The van der Waals surface area contributed by atoms with Gasteiger partial charge in [0.2, 0.25) is 6.23 Å². The zero-order valence-electron chi connectivity index (χ0n) is 10.1. The number of rotatable bonds is 8. The summed E-state index contributed by atoms with van der Waals surface area (Å²) in [5.74, 6) is -0.437. The third-order valence-corrected chi connectivity index (χ3v) is 2.33. The third kappa shape index (κ3) is 5.36. The van der Waals surface area contributed by atoms with E-state index in [4.69, 9.17) is 9.84 Å². The third-order valence-electron chi connectivity index (χ3n) is 2.33. The van der Waals surface area contributed by atoms with Gasteiger partial charge in [0.05, 0.1) is 0 Å². The van der Waals surface area contributed by atoms with Crippen LogP contribution >= 0.6 is 0 Å². The summed E-state index contributed by atoms with van der Waals surface area (Å²) in [7, 11) is 0. The molecule has 0 radical (unpaired) electrons. The van der Waals surface area contributed by atoms with Crippen LogP contribution in [0.15, 0.2) is 30.3 Å². The number of carboxylic acids is 1. The predicted octanol–water partition coefficient (Wildman–Crippen LogP) is 2.26. The Hall–Kier alpha value is -1.55. The van der Waals surface area contributed by atoms with Gasteiger partial charge in [-0.25, -0.2) is 4.79 Å². The second kappa shape index (κ2) is 7.68. The number of ether oxygens (including phenoxy) is 1. The number of unbranched alkanes of at least 4 members (excludes halogenated alkanes) is 2. The minimum Gasteiger partial charge on any atom is -0.477 e. The molecule has 4 nitrogen and oxygen atoms in total. The molecule has 1 unspecified atom stereocenters. The van der Waals surface area contributed by atoms with Crippen LogP contribution < -0.4 is 10.1 Å². The molecule has 0 saturated heterocycles. The standard InChI is InChI=1S/C13H19NO3/c1-2-3-7-10-14-12(13(15)16)17-11-8-5-4-6-9-11/h4-6,8-9,12,14H,2-3,7,10H2,1H3,(H,15,16). The summed E-state index contributed by atoms with van der Waals surface area (Å²) >= 11 is 0. The molecule has 0 fully saturated rings. The molecule has 0 amide bonds. The van der Waals surface area contributed by atoms with E-state index in [0.717, 1.165) is 19.3 Å². The fraction of sp³-hybridized carbons (Fsp3) is 0.462. The van der Waals surface area contributed by atoms with Crippen molar-refractivity contribution in [3.05, 3.63) is 30.3 Å². The number of carboxylic acid groups (broad SMARTS) is 1. The summed E-state index contributed by atoms with van der Waals surface area (Å²) in [5.41, 5.74) is 0. The van der Waals surface area contributed by atoms with Crippen molar-refractivity contribution in [1.29, 1.82) is 0 Å². The lowest BCUT2D eigenvalue weighted by Gasteiger charge is -2.16. The van der Waals surface area contributed by atoms with Crippen molar-refractivity contribution in [3.63, 3.8) is 0 Å². The average Bonchev–Trinajstić information content (AvgIpc) is 2.34. The lowest BCUT2D eigenvalue weighted by Crippen LogP contribution is -2.42. The Morgan fingerprint density at radius 2 is 2.06 bits per heavy atom. The maximum atomic E-state index is 11.0. The highest BCUT2D eigenvalue weighted by molar-refractivity contribution is 5.72. The van der Waals surface area contributed by atoms with Crippen LogP contribution in [0.1, 0.15) is 26.2 Å². The first-order valence-corrected chi connectivity index (χ1v) is 5.92. The number of aliphatic carboxylic acids is 1. The molecule has 0 aliphatic heterocycles. The lowest BCUT2D eigenvalue weighted by atomic mass is 10.2.